The first kappa shape index (κ1) is 9.83. The number of nitrogens with zero attached hydrogens (tertiary/aromatic N) is 3. The molecule has 0 atom stereocenters. The standard InChI is InChI=1S/C11H9N3O3/c1-17-11(16)8-5-7-9(15)12-6-13-3-2-4-14(8)10(7)13/h2-3,5-6H,4H2,1H3. The molecule has 1 aliphatic heterocycles. The van der Waals surface area contributed by atoms with Crippen molar-refractivity contribution in [3.05, 3.63) is 34.5 Å². The van der Waals surface area contributed by atoms with Crippen LogP contribution < -0.4 is 5.56 Å². The number of ether oxygens (including phenoxy) is 1. The average molecular weight is 231 g/mol. The van der Waals surface area contributed by atoms with Gasteiger partial charge in [0.05, 0.1) is 12.5 Å². The van der Waals surface area contributed by atoms with E-state index in [4.69, 9.17) is 4.74 Å². The van der Waals surface area contributed by atoms with Crippen LogP contribution in [0.4, 0.5) is 0 Å². The van der Waals surface area contributed by atoms with Gasteiger partial charge < -0.3 is 9.30 Å². The lowest BCUT2D eigenvalue weighted by atomic mass is 10.3. The molecule has 2 aromatic heterocycles. The van der Waals surface area contributed by atoms with E-state index in [1.165, 1.54) is 19.5 Å². The summed E-state index contributed by atoms with van der Waals surface area (Å²) in [5.74, 6) is -0.456. The molecule has 0 radical (unpaired) electrons. The Balaban J connectivity index is 2.44. The van der Waals surface area contributed by atoms with Crippen molar-refractivity contribution in [3.8, 4) is 0 Å². The fraction of sp³-hybridized carbons (Fsp3) is 0.182. The van der Waals surface area contributed by atoms with Crippen molar-refractivity contribution >= 4 is 23.2 Å². The predicted octanol–water partition coefficient (Wildman–Crippen LogP) is 0.469. The molecule has 6 heteroatoms. The summed E-state index contributed by atoms with van der Waals surface area (Å²) in [7, 11) is 1.32. The predicted molar refractivity (Wildman–Crippen MR) is 60.7 cm³/mol. The Morgan fingerprint density at radius 2 is 2.35 bits per heavy atom. The Morgan fingerprint density at radius 1 is 1.53 bits per heavy atom. The molecule has 86 valence electrons. The normalized spacial score (nSPS) is 13.0. The Bertz CT molecular complexity index is 709. The molecule has 0 bridgehead atoms. The van der Waals surface area contributed by atoms with Crippen LogP contribution in [0.15, 0.2) is 23.3 Å². The number of methoxy groups -OCH3 is 1. The van der Waals surface area contributed by atoms with Gasteiger partial charge in [-0.15, -0.1) is 0 Å². The number of esters is 1. The maximum Gasteiger partial charge on any atom is 0.354 e. The third kappa shape index (κ3) is 1.24. The molecule has 0 N–H and O–H groups in total. The molecule has 0 unspecified atom stereocenters. The third-order valence-electron chi connectivity index (χ3n) is 2.79. The fourth-order valence-corrected chi connectivity index (χ4v) is 2.05. The van der Waals surface area contributed by atoms with Crippen LogP contribution in [-0.4, -0.2) is 27.2 Å². The zero-order valence-electron chi connectivity index (χ0n) is 9.08. The highest BCUT2D eigenvalue weighted by Crippen LogP contribution is 2.20. The Kier molecular flexibility index (Phi) is 1.91. The van der Waals surface area contributed by atoms with Crippen molar-refractivity contribution in [1.29, 1.82) is 0 Å². The number of aromatic nitrogens is 3. The van der Waals surface area contributed by atoms with Gasteiger partial charge in [-0.25, -0.2) is 4.79 Å². The van der Waals surface area contributed by atoms with Crippen LogP contribution in [0.2, 0.25) is 0 Å². The Labute approximate surface area is 95.7 Å². The number of allylic oxidation sites excluding steroid dienone is 1. The lowest BCUT2D eigenvalue weighted by molar-refractivity contribution is 0.0589. The minimum Gasteiger partial charge on any atom is -0.464 e. The Hall–Kier alpha value is -2.37. The molecule has 2 aromatic rings. The lowest BCUT2D eigenvalue weighted by Gasteiger charge is -2.13. The van der Waals surface area contributed by atoms with Crippen LogP contribution in [0.1, 0.15) is 10.5 Å². The summed E-state index contributed by atoms with van der Waals surface area (Å²) in [6, 6.07) is 1.53. The summed E-state index contributed by atoms with van der Waals surface area (Å²) in [5.41, 5.74) is 0.703. The van der Waals surface area contributed by atoms with Gasteiger partial charge in [0.2, 0.25) is 0 Å². The van der Waals surface area contributed by atoms with Gasteiger partial charge in [0.25, 0.3) is 5.56 Å². The number of hydrogen-bond acceptors (Lipinski definition) is 4. The molecule has 17 heavy (non-hydrogen) atoms. The van der Waals surface area contributed by atoms with E-state index in [1.54, 1.807) is 9.13 Å². The van der Waals surface area contributed by atoms with E-state index in [0.717, 1.165) is 0 Å². The van der Waals surface area contributed by atoms with E-state index >= 15 is 0 Å². The molecule has 0 spiro atoms. The summed E-state index contributed by atoms with van der Waals surface area (Å²) in [4.78, 5) is 27.0. The van der Waals surface area contributed by atoms with E-state index in [9.17, 15) is 9.59 Å². The third-order valence-corrected chi connectivity index (χ3v) is 2.79. The van der Waals surface area contributed by atoms with Crippen molar-refractivity contribution in [2.75, 3.05) is 7.11 Å². The number of hydrogen-bond donors (Lipinski definition) is 0. The van der Waals surface area contributed by atoms with Crippen molar-refractivity contribution in [2.24, 2.45) is 0 Å². The monoisotopic (exact) mass is 231 g/mol. The molecule has 0 fully saturated rings. The van der Waals surface area contributed by atoms with Crippen LogP contribution in [0.3, 0.4) is 0 Å². The molecular weight excluding hydrogens is 222 g/mol. The molecule has 6 nitrogen and oxygen atoms in total. The average Bonchev–Trinajstić information content (AvgIpc) is 2.75. The molecule has 0 amide bonds. The van der Waals surface area contributed by atoms with Crippen molar-refractivity contribution in [1.82, 2.24) is 14.1 Å². The summed E-state index contributed by atoms with van der Waals surface area (Å²) in [6.07, 6.45) is 5.14. The molecular formula is C11H9N3O3. The van der Waals surface area contributed by atoms with Crippen LogP contribution in [0.5, 0.6) is 0 Å². The quantitative estimate of drug-likeness (QED) is 0.669. The van der Waals surface area contributed by atoms with Gasteiger partial charge in [-0.3, -0.25) is 9.36 Å². The minimum absolute atomic E-state index is 0.338. The summed E-state index contributed by atoms with van der Waals surface area (Å²) < 4.78 is 8.15. The zero-order valence-corrected chi connectivity index (χ0v) is 9.08. The maximum atomic E-state index is 11.6. The number of carbonyl (C=O) groups excluding carboxylic acids is 1. The molecule has 0 saturated heterocycles. The molecule has 0 saturated carbocycles. The highest BCUT2D eigenvalue weighted by Gasteiger charge is 2.20. The van der Waals surface area contributed by atoms with E-state index in [2.05, 4.69) is 4.98 Å². The van der Waals surface area contributed by atoms with Gasteiger partial charge >= 0.3 is 5.97 Å². The van der Waals surface area contributed by atoms with Gasteiger partial charge in [-0.05, 0) is 12.1 Å². The SMILES string of the molecule is COC(=O)c1cc2c(=O)ncn3c2n1CC=C3. The van der Waals surface area contributed by atoms with Crippen LogP contribution in [-0.2, 0) is 11.3 Å². The van der Waals surface area contributed by atoms with E-state index in [0.29, 0.717) is 23.3 Å². The highest BCUT2D eigenvalue weighted by atomic mass is 16.5. The van der Waals surface area contributed by atoms with Gasteiger partial charge in [-0.2, -0.15) is 4.98 Å². The largest absolute Gasteiger partial charge is 0.464 e. The lowest BCUT2D eigenvalue weighted by Crippen LogP contribution is -2.16. The van der Waals surface area contributed by atoms with E-state index in [-0.39, 0.29) is 5.56 Å². The molecule has 0 aliphatic carbocycles. The summed E-state index contributed by atoms with van der Waals surface area (Å²) in [5, 5.41) is 0.428. The van der Waals surface area contributed by atoms with Crippen LogP contribution in [0, 0.1) is 0 Å². The molecule has 0 aromatic carbocycles. The summed E-state index contributed by atoms with van der Waals surface area (Å²) >= 11 is 0. The number of carbonyl (C=O) groups is 1. The van der Waals surface area contributed by atoms with E-state index in [1.807, 2.05) is 12.3 Å². The van der Waals surface area contributed by atoms with Crippen LogP contribution >= 0.6 is 0 Å². The fourth-order valence-electron chi connectivity index (χ4n) is 2.05. The summed E-state index contributed by atoms with van der Waals surface area (Å²) in [6.45, 7) is 0.539. The first-order valence-corrected chi connectivity index (χ1v) is 5.07. The molecule has 3 heterocycles. The van der Waals surface area contributed by atoms with E-state index < -0.39 is 5.97 Å². The van der Waals surface area contributed by atoms with Gasteiger partial charge in [-0.1, -0.05) is 0 Å². The smallest absolute Gasteiger partial charge is 0.354 e. The molecule has 3 rings (SSSR count). The molecule has 1 aliphatic rings. The maximum absolute atomic E-state index is 11.6. The van der Waals surface area contributed by atoms with Crippen LogP contribution in [0.25, 0.3) is 17.2 Å². The zero-order chi connectivity index (χ0) is 12.0. The Morgan fingerprint density at radius 3 is 3.12 bits per heavy atom. The van der Waals surface area contributed by atoms with Gasteiger partial charge in [0.15, 0.2) is 0 Å². The topological polar surface area (TPSA) is 66.1 Å². The highest BCUT2D eigenvalue weighted by molar-refractivity contribution is 5.95. The number of rotatable bonds is 1. The van der Waals surface area contributed by atoms with Crippen molar-refractivity contribution in [2.45, 2.75) is 6.54 Å². The minimum atomic E-state index is -0.456. The second-order valence-electron chi connectivity index (χ2n) is 3.71. The van der Waals surface area contributed by atoms with Gasteiger partial charge in [0.1, 0.15) is 17.7 Å². The first-order valence-electron chi connectivity index (χ1n) is 5.07. The second-order valence-corrected chi connectivity index (χ2v) is 3.71. The van der Waals surface area contributed by atoms with Gasteiger partial charge in [0, 0.05) is 12.7 Å². The first-order chi connectivity index (χ1) is 8.22. The van der Waals surface area contributed by atoms with Crippen molar-refractivity contribution < 1.29 is 9.53 Å². The second kappa shape index (κ2) is 3.31. The van der Waals surface area contributed by atoms with Crippen molar-refractivity contribution in [3.63, 3.8) is 0 Å².